The number of nitrogens with two attached hydrogens (primary N) is 2. The van der Waals surface area contributed by atoms with Crippen molar-refractivity contribution in [2.75, 3.05) is 37.5 Å². The van der Waals surface area contributed by atoms with Gasteiger partial charge in [0.1, 0.15) is 38.3 Å². The number of anilines is 2. The molecule has 0 heterocycles. The fourth-order valence-corrected chi connectivity index (χ4v) is 7.12. The fourth-order valence-electron chi connectivity index (χ4n) is 3.84. The first-order valence-corrected chi connectivity index (χ1v) is 20.5. The second-order valence-electron chi connectivity index (χ2n) is 9.64. The number of thioether (sulfide) groups is 1. The average Bonchev–Trinajstić information content (AvgIpc) is 3.04. The van der Waals surface area contributed by atoms with Crippen molar-refractivity contribution in [3.8, 4) is 17.1 Å². The van der Waals surface area contributed by atoms with E-state index in [0.29, 0.717) is 23.6 Å². The number of nitrogens with zero attached hydrogens (tertiary/aromatic N) is 4. The van der Waals surface area contributed by atoms with Gasteiger partial charge in [-0.25, -0.2) is 8.42 Å². The molecule has 0 aromatic heterocycles. The Kier molecular flexibility index (Phi) is 15.6. The molecular formula is C26H30N6O16S5. The van der Waals surface area contributed by atoms with Gasteiger partial charge in [-0.1, -0.05) is 0 Å². The molecule has 0 aliphatic carbocycles. The first-order chi connectivity index (χ1) is 24.2. The van der Waals surface area contributed by atoms with Crippen molar-refractivity contribution in [3.05, 3.63) is 42.5 Å². The van der Waals surface area contributed by atoms with E-state index in [4.69, 9.17) is 25.5 Å². The minimum absolute atomic E-state index is 0. The molecule has 0 radical (unpaired) electrons. The summed E-state index contributed by atoms with van der Waals surface area (Å²) in [7, 11) is -17.8. The van der Waals surface area contributed by atoms with Crippen molar-refractivity contribution in [2.45, 2.75) is 32.9 Å². The largest absolute Gasteiger partial charge is 0.494 e. The smallest absolute Gasteiger partial charge is 0.433 e. The molecule has 9 N–H and O–H groups in total. The molecule has 3 aromatic rings. The van der Waals surface area contributed by atoms with Gasteiger partial charge >= 0.3 is 10.4 Å². The summed E-state index contributed by atoms with van der Waals surface area (Å²) in [5.41, 5.74) is 9.26. The summed E-state index contributed by atoms with van der Waals surface area (Å²) in [6.45, 7) is 2.22. The third-order valence-corrected chi connectivity index (χ3v) is 10.6. The Morgan fingerprint density at radius 2 is 1.43 bits per heavy atom. The standard InChI is InChI=1S/C26H28N6O15S5.H2O/c1-3-45-9-4-12-49(33,34)17-6-7-18(22(14-17)50(35,36)37)29-31-20-15-23(51(38,39)40)25(28)26(24(20)27)32-30-19-13-16(5-8-21(19)44-2)48-11-10-46-47-52(41,42)43;/h5-8,13-15H,3-4,9,12,27-28H2,1-2H3,(H,35,36,37)(H,38,39,40)(H,41,42,43);1H2. The molecular weight excluding hydrogens is 813 g/mol. The van der Waals surface area contributed by atoms with Crippen LogP contribution in [-0.2, 0) is 54.4 Å². The Bertz CT molecular complexity index is 2400. The monoisotopic (exact) mass is 842 g/mol. The lowest BCUT2D eigenvalue weighted by Crippen LogP contribution is -2.10. The predicted octanol–water partition coefficient (Wildman–Crippen LogP) is 3.32. The van der Waals surface area contributed by atoms with E-state index in [-0.39, 0.29) is 29.9 Å². The van der Waals surface area contributed by atoms with Crippen LogP contribution in [0.1, 0.15) is 13.3 Å². The van der Waals surface area contributed by atoms with Crippen LogP contribution in [-0.4, -0.2) is 78.9 Å². The van der Waals surface area contributed by atoms with Crippen LogP contribution < -0.4 is 16.2 Å². The molecule has 0 bridgehead atoms. The number of benzene rings is 3. The van der Waals surface area contributed by atoms with Crippen LogP contribution in [0.25, 0.3) is 0 Å². The number of hydrogen-bond acceptors (Lipinski definition) is 19. The SMILES string of the molecule is CCOCCCS(=O)(=O)c1ccc(N=Nc2cc(S(=O)(=O)O)c(N)c(N=Nc3cc(SC#COOS(=O)(=O)O)ccc3OC)c2N)c(S(=O)(=O)O)c1.O. The van der Waals surface area contributed by atoms with Gasteiger partial charge in [-0.05, 0) is 71.9 Å². The second-order valence-corrected chi connectivity index (χ2v) is 16.4. The van der Waals surface area contributed by atoms with Crippen molar-refractivity contribution in [3.63, 3.8) is 0 Å². The number of hydrogen-bond donors (Lipinski definition) is 5. The Labute approximate surface area is 307 Å². The summed E-state index contributed by atoms with van der Waals surface area (Å²) in [5.74, 6) is -0.281. The van der Waals surface area contributed by atoms with Gasteiger partial charge in [0.15, 0.2) is 15.9 Å². The van der Waals surface area contributed by atoms with Gasteiger partial charge in [0.25, 0.3) is 20.2 Å². The summed E-state index contributed by atoms with van der Waals surface area (Å²) in [6.07, 6.45) is 1.95. The fraction of sp³-hybridized carbons (Fsp3) is 0.231. The highest BCUT2D eigenvalue weighted by Crippen LogP contribution is 2.44. The molecule has 0 aliphatic heterocycles. The first kappa shape index (κ1) is 44.7. The quantitative estimate of drug-likeness (QED) is 0.0202. The van der Waals surface area contributed by atoms with Gasteiger partial charge in [0, 0.05) is 23.4 Å². The molecule has 290 valence electrons. The lowest BCUT2D eigenvalue weighted by atomic mass is 10.2. The molecule has 0 saturated heterocycles. The van der Waals surface area contributed by atoms with Crippen LogP contribution in [0.2, 0.25) is 0 Å². The lowest BCUT2D eigenvalue weighted by molar-refractivity contribution is -0.135. The van der Waals surface area contributed by atoms with E-state index in [0.717, 1.165) is 23.9 Å². The molecule has 0 aliphatic rings. The normalized spacial score (nSPS) is 12.3. The van der Waals surface area contributed by atoms with Crippen LogP contribution in [0, 0.1) is 11.4 Å². The van der Waals surface area contributed by atoms with E-state index in [1.54, 1.807) is 6.92 Å². The van der Waals surface area contributed by atoms with Crippen LogP contribution in [0.4, 0.5) is 34.1 Å². The van der Waals surface area contributed by atoms with Gasteiger partial charge in [0.2, 0.25) is 0 Å². The van der Waals surface area contributed by atoms with E-state index >= 15 is 0 Å². The third kappa shape index (κ3) is 12.9. The number of nitrogen functional groups attached to an aromatic ring is 2. The van der Waals surface area contributed by atoms with Crippen LogP contribution >= 0.6 is 11.8 Å². The molecule has 0 amide bonds. The Morgan fingerprint density at radius 1 is 0.792 bits per heavy atom. The minimum atomic E-state index is -5.10. The van der Waals surface area contributed by atoms with Gasteiger partial charge in [-0.3, -0.25) is 18.5 Å². The predicted molar refractivity (Wildman–Crippen MR) is 187 cm³/mol. The maximum absolute atomic E-state index is 12.8. The van der Waals surface area contributed by atoms with Crippen molar-refractivity contribution >= 4 is 86.4 Å². The first-order valence-electron chi connectivity index (χ1n) is 13.8. The van der Waals surface area contributed by atoms with E-state index < -0.39 is 89.3 Å². The molecule has 3 rings (SSSR count). The van der Waals surface area contributed by atoms with E-state index in [1.165, 1.54) is 25.3 Å². The number of ether oxygens (including phenoxy) is 2. The summed E-state index contributed by atoms with van der Waals surface area (Å²) >= 11 is 0.767. The van der Waals surface area contributed by atoms with E-state index in [1.807, 2.05) is 6.11 Å². The zero-order valence-corrected chi connectivity index (χ0v) is 31.2. The van der Waals surface area contributed by atoms with Crippen molar-refractivity contribution in [1.82, 2.24) is 0 Å². The molecule has 0 unspecified atom stereocenters. The molecule has 0 fully saturated rings. The van der Waals surface area contributed by atoms with Crippen molar-refractivity contribution in [1.29, 1.82) is 0 Å². The second kappa shape index (κ2) is 18.5. The van der Waals surface area contributed by atoms with E-state index in [9.17, 15) is 42.8 Å². The maximum Gasteiger partial charge on any atom is 0.433 e. The van der Waals surface area contributed by atoms with Gasteiger partial charge in [-0.2, -0.15) is 25.3 Å². The maximum atomic E-state index is 12.8. The average molecular weight is 843 g/mol. The Balaban J connectivity index is 0.00000972. The van der Waals surface area contributed by atoms with Crippen LogP contribution in [0.3, 0.4) is 0 Å². The summed E-state index contributed by atoms with van der Waals surface area (Å²) in [5, 5.41) is 17.7. The topological polar surface area (TPSA) is 367 Å². The third-order valence-electron chi connectivity index (χ3n) is 6.12. The van der Waals surface area contributed by atoms with Gasteiger partial charge in [-0.15, -0.1) is 20.5 Å². The molecule has 22 nitrogen and oxygen atoms in total. The highest BCUT2D eigenvalue weighted by Gasteiger charge is 2.24. The number of methoxy groups -OCH3 is 1. The van der Waals surface area contributed by atoms with Gasteiger partial charge < -0.3 is 26.4 Å². The van der Waals surface area contributed by atoms with Gasteiger partial charge in [0.05, 0.1) is 29.1 Å². The van der Waals surface area contributed by atoms with Crippen LogP contribution in [0.15, 0.2) is 82.5 Å². The molecule has 3 aromatic carbocycles. The Hall–Kier alpha value is -4.47. The Morgan fingerprint density at radius 3 is 2.04 bits per heavy atom. The highest BCUT2D eigenvalue weighted by atomic mass is 32.3. The summed E-state index contributed by atoms with van der Waals surface area (Å²) in [4.78, 5) is 1.99. The molecule has 0 atom stereocenters. The van der Waals surface area contributed by atoms with Crippen molar-refractivity contribution in [2.24, 2.45) is 20.5 Å². The molecule has 0 spiro atoms. The zero-order valence-electron chi connectivity index (χ0n) is 27.1. The van der Waals surface area contributed by atoms with Crippen LogP contribution in [0.5, 0.6) is 5.75 Å². The summed E-state index contributed by atoms with van der Waals surface area (Å²) in [6, 6.07) is 7.56. The van der Waals surface area contributed by atoms with E-state index in [2.05, 4.69) is 34.9 Å². The number of sulfone groups is 1. The molecule has 0 saturated carbocycles. The van der Waals surface area contributed by atoms with Crippen molar-refractivity contribution < 1.29 is 71.5 Å². The zero-order chi connectivity index (χ0) is 38.9. The highest BCUT2D eigenvalue weighted by molar-refractivity contribution is 8.04. The minimum Gasteiger partial charge on any atom is -0.494 e. The molecule has 27 heteroatoms. The number of azo groups is 2. The lowest BCUT2D eigenvalue weighted by Gasteiger charge is -2.11. The number of rotatable bonds is 16. The molecule has 53 heavy (non-hydrogen) atoms. The summed E-state index contributed by atoms with van der Waals surface area (Å²) < 4.78 is 138.